The summed E-state index contributed by atoms with van der Waals surface area (Å²) in [4.78, 5) is 19.9. The Hall–Kier alpha value is -1.62. The number of hydrogen-bond donors (Lipinski definition) is 0. The topological polar surface area (TPSA) is 65.9 Å². The van der Waals surface area contributed by atoms with E-state index in [9.17, 15) is 9.90 Å². The maximum absolute atomic E-state index is 11.2. The number of aliphatic carboxylic acids is 1. The summed E-state index contributed by atoms with van der Waals surface area (Å²) in [6.45, 7) is 5.54. The van der Waals surface area contributed by atoms with Crippen molar-refractivity contribution in [3.05, 3.63) is 30.1 Å². The number of fused-ring (bicyclic) bond motifs is 1. The molecule has 1 heterocycles. The van der Waals surface area contributed by atoms with E-state index >= 15 is 0 Å². The zero-order valence-corrected chi connectivity index (χ0v) is 11.9. The lowest BCUT2D eigenvalue weighted by Gasteiger charge is -2.21. The van der Waals surface area contributed by atoms with Crippen molar-refractivity contribution in [2.24, 2.45) is 5.92 Å². The third kappa shape index (κ3) is 3.04. The molecule has 2 aromatic rings. The summed E-state index contributed by atoms with van der Waals surface area (Å²) in [5, 5.41) is 12.2. The lowest BCUT2D eigenvalue weighted by Crippen LogP contribution is -2.36. The van der Waals surface area contributed by atoms with E-state index in [0.717, 1.165) is 10.9 Å². The van der Waals surface area contributed by atoms with E-state index in [1.54, 1.807) is 6.92 Å². The van der Waals surface area contributed by atoms with E-state index in [-0.39, 0.29) is 5.92 Å². The van der Waals surface area contributed by atoms with E-state index in [1.165, 1.54) is 11.8 Å². The van der Waals surface area contributed by atoms with Crippen LogP contribution in [0.1, 0.15) is 19.7 Å². The number of nitrogens with zero attached hydrogens (tertiary/aromatic N) is 2. The molecule has 2 rings (SSSR count). The molecule has 0 aliphatic rings. The number of aryl methyl sites for hydroxylation is 1. The van der Waals surface area contributed by atoms with Crippen molar-refractivity contribution in [2.45, 2.75) is 31.0 Å². The van der Waals surface area contributed by atoms with Gasteiger partial charge in [-0.05, 0) is 18.9 Å². The van der Waals surface area contributed by atoms with Crippen molar-refractivity contribution in [1.29, 1.82) is 0 Å². The molecule has 1 aromatic carbocycles. The summed E-state index contributed by atoms with van der Waals surface area (Å²) in [5.41, 5.74) is 0.832. The van der Waals surface area contributed by atoms with E-state index in [4.69, 9.17) is 0 Å². The molecule has 0 spiro atoms. The van der Waals surface area contributed by atoms with Gasteiger partial charge in [0.05, 0.1) is 16.7 Å². The van der Waals surface area contributed by atoms with Crippen molar-refractivity contribution in [3.8, 4) is 0 Å². The maximum Gasteiger partial charge on any atom is 0.127 e. The summed E-state index contributed by atoms with van der Waals surface area (Å²) in [6.07, 6.45) is 0. The van der Waals surface area contributed by atoms with Gasteiger partial charge in [0.25, 0.3) is 0 Å². The molecular weight excluding hydrogens is 260 g/mol. The fourth-order valence-corrected chi connectivity index (χ4v) is 2.92. The molecule has 0 N–H and O–H groups in total. The minimum absolute atomic E-state index is 0.0240. The van der Waals surface area contributed by atoms with Gasteiger partial charge in [0.2, 0.25) is 0 Å². The molecule has 0 aliphatic heterocycles. The van der Waals surface area contributed by atoms with Gasteiger partial charge in [-0.25, -0.2) is 9.97 Å². The number of thioether (sulfide) groups is 1. The molecule has 19 heavy (non-hydrogen) atoms. The number of carbonyl (C=O) groups excluding carboxylic acids is 1. The summed E-state index contributed by atoms with van der Waals surface area (Å²) in [7, 11) is 0. The van der Waals surface area contributed by atoms with E-state index in [0.29, 0.717) is 10.9 Å². The van der Waals surface area contributed by atoms with Crippen LogP contribution in [0, 0.1) is 12.8 Å². The van der Waals surface area contributed by atoms with Gasteiger partial charge in [-0.3, -0.25) is 0 Å². The van der Waals surface area contributed by atoms with Crippen LogP contribution in [-0.2, 0) is 4.79 Å². The van der Waals surface area contributed by atoms with Crippen LogP contribution in [0.15, 0.2) is 29.3 Å². The van der Waals surface area contributed by atoms with Crippen molar-refractivity contribution in [2.75, 3.05) is 0 Å². The number of hydrogen-bond acceptors (Lipinski definition) is 5. The van der Waals surface area contributed by atoms with Crippen LogP contribution in [0.3, 0.4) is 0 Å². The number of rotatable bonds is 4. The lowest BCUT2D eigenvalue weighted by molar-refractivity contribution is -0.305. The van der Waals surface area contributed by atoms with Crippen LogP contribution < -0.4 is 5.11 Å². The number of aromatic nitrogens is 2. The van der Waals surface area contributed by atoms with Gasteiger partial charge in [0, 0.05) is 5.39 Å². The van der Waals surface area contributed by atoms with Crippen LogP contribution in [0.5, 0.6) is 0 Å². The molecule has 0 saturated carbocycles. The first-order chi connectivity index (χ1) is 8.99. The minimum Gasteiger partial charge on any atom is -0.549 e. The number of carboxylic acid groups (broad SMARTS) is 1. The van der Waals surface area contributed by atoms with Gasteiger partial charge in [-0.1, -0.05) is 43.8 Å². The smallest absolute Gasteiger partial charge is 0.127 e. The summed E-state index contributed by atoms with van der Waals surface area (Å²) in [5.74, 6) is -0.438. The molecule has 0 fully saturated rings. The third-order valence-corrected chi connectivity index (χ3v) is 4.28. The molecule has 0 radical (unpaired) electrons. The first kappa shape index (κ1) is 13.8. The molecular formula is C14H15N2O2S-. The van der Waals surface area contributed by atoms with Gasteiger partial charge < -0.3 is 9.90 Å². The Morgan fingerprint density at radius 2 is 1.95 bits per heavy atom. The molecule has 0 unspecified atom stereocenters. The quantitative estimate of drug-likeness (QED) is 0.629. The second kappa shape index (κ2) is 5.57. The van der Waals surface area contributed by atoms with E-state index < -0.39 is 11.2 Å². The summed E-state index contributed by atoms with van der Waals surface area (Å²) in [6, 6.07) is 7.61. The Balaban J connectivity index is 2.47. The van der Waals surface area contributed by atoms with Gasteiger partial charge >= 0.3 is 0 Å². The summed E-state index contributed by atoms with van der Waals surface area (Å²) >= 11 is 1.24. The molecule has 0 bridgehead atoms. The van der Waals surface area contributed by atoms with Crippen molar-refractivity contribution in [3.63, 3.8) is 0 Å². The van der Waals surface area contributed by atoms with Crippen LogP contribution in [0.25, 0.3) is 10.9 Å². The fourth-order valence-electron chi connectivity index (χ4n) is 1.82. The highest BCUT2D eigenvalue weighted by atomic mass is 32.2. The van der Waals surface area contributed by atoms with Crippen molar-refractivity contribution >= 4 is 28.6 Å². The first-order valence-corrected chi connectivity index (χ1v) is 6.98. The largest absolute Gasteiger partial charge is 0.549 e. The number of benzene rings is 1. The Morgan fingerprint density at radius 3 is 2.58 bits per heavy atom. The molecule has 1 atom stereocenters. The number of carboxylic acids is 1. The van der Waals surface area contributed by atoms with Gasteiger partial charge in [0.1, 0.15) is 10.9 Å². The summed E-state index contributed by atoms with van der Waals surface area (Å²) < 4.78 is 0. The zero-order chi connectivity index (χ0) is 14.0. The zero-order valence-electron chi connectivity index (χ0n) is 11.1. The van der Waals surface area contributed by atoms with Crippen molar-refractivity contribution in [1.82, 2.24) is 9.97 Å². The van der Waals surface area contributed by atoms with Crippen LogP contribution >= 0.6 is 11.8 Å². The van der Waals surface area contributed by atoms with Crippen LogP contribution in [0.2, 0.25) is 0 Å². The number of para-hydroxylation sites is 1. The lowest BCUT2D eigenvalue weighted by atomic mass is 10.1. The Labute approximate surface area is 116 Å². The minimum atomic E-state index is -1.06. The van der Waals surface area contributed by atoms with Crippen LogP contribution in [0.4, 0.5) is 0 Å². The van der Waals surface area contributed by atoms with Gasteiger partial charge in [0.15, 0.2) is 0 Å². The normalized spacial score (nSPS) is 12.8. The maximum atomic E-state index is 11.2. The second-order valence-corrected chi connectivity index (χ2v) is 5.82. The fraction of sp³-hybridized carbons (Fsp3) is 0.357. The molecule has 0 saturated heterocycles. The Kier molecular flexibility index (Phi) is 4.04. The van der Waals surface area contributed by atoms with Gasteiger partial charge in [-0.15, -0.1) is 0 Å². The third-order valence-electron chi connectivity index (χ3n) is 2.76. The first-order valence-electron chi connectivity index (χ1n) is 6.10. The Bertz CT molecular complexity index is 613. The molecule has 1 aromatic heterocycles. The molecule has 0 aliphatic carbocycles. The predicted molar refractivity (Wildman–Crippen MR) is 73.8 cm³/mol. The monoisotopic (exact) mass is 275 g/mol. The highest BCUT2D eigenvalue weighted by Crippen LogP contribution is 2.31. The molecule has 100 valence electrons. The average molecular weight is 275 g/mol. The second-order valence-electron chi connectivity index (χ2n) is 4.69. The SMILES string of the molecule is Cc1nc(S[C@@H](C(=O)[O-])C(C)C)c2ccccc2n1. The number of carbonyl (C=O) groups is 1. The highest BCUT2D eigenvalue weighted by molar-refractivity contribution is 8.00. The molecule has 0 amide bonds. The average Bonchev–Trinajstić information content (AvgIpc) is 2.34. The molecule has 5 heteroatoms. The van der Waals surface area contributed by atoms with Crippen molar-refractivity contribution < 1.29 is 9.90 Å². The Morgan fingerprint density at radius 1 is 1.26 bits per heavy atom. The van der Waals surface area contributed by atoms with Gasteiger partial charge in [-0.2, -0.15) is 0 Å². The van der Waals surface area contributed by atoms with Crippen LogP contribution in [-0.4, -0.2) is 21.2 Å². The standard InChI is InChI=1S/C14H16N2O2S/c1-8(2)12(14(17)18)19-13-10-6-4-5-7-11(10)15-9(3)16-13/h4-8,12H,1-3H3,(H,17,18)/p-1/t12-/m1/s1. The predicted octanol–water partition coefficient (Wildman–Crippen LogP) is 1.80. The van der Waals surface area contributed by atoms with E-state index in [1.807, 2.05) is 38.1 Å². The van der Waals surface area contributed by atoms with E-state index in [2.05, 4.69) is 9.97 Å². The molecule has 4 nitrogen and oxygen atoms in total. The highest BCUT2D eigenvalue weighted by Gasteiger charge is 2.18.